The van der Waals surface area contributed by atoms with E-state index in [-0.39, 0.29) is 0 Å². The molecule has 0 aliphatic carbocycles. The first-order valence-corrected chi connectivity index (χ1v) is 5.56. The second-order valence-corrected chi connectivity index (χ2v) is 4.07. The molecule has 0 bridgehead atoms. The SMILES string of the molecule is Cc1ccnc(SCc2coc(C)n2)n1. The van der Waals surface area contributed by atoms with E-state index < -0.39 is 0 Å². The third-order valence-electron chi connectivity index (χ3n) is 1.79. The molecule has 0 saturated heterocycles. The molecule has 2 heterocycles. The van der Waals surface area contributed by atoms with Gasteiger partial charge in [0.2, 0.25) is 0 Å². The fourth-order valence-electron chi connectivity index (χ4n) is 1.11. The van der Waals surface area contributed by atoms with Crippen molar-refractivity contribution in [2.75, 3.05) is 0 Å². The lowest BCUT2D eigenvalue weighted by atomic mass is 10.5. The standard InChI is InChI=1S/C10H11N3OS/c1-7-3-4-11-10(12-7)15-6-9-5-14-8(2)13-9/h3-5H,6H2,1-2H3. The van der Waals surface area contributed by atoms with Crippen molar-refractivity contribution in [2.24, 2.45) is 0 Å². The van der Waals surface area contributed by atoms with Gasteiger partial charge in [0.05, 0.1) is 5.69 Å². The summed E-state index contributed by atoms with van der Waals surface area (Å²) >= 11 is 1.56. The van der Waals surface area contributed by atoms with Crippen LogP contribution in [0.1, 0.15) is 17.3 Å². The molecule has 2 aromatic rings. The van der Waals surface area contributed by atoms with Gasteiger partial charge in [0.25, 0.3) is 0 Å². The van der Waals surface area contributed by atoms with Gasteiger partial charge in [-0.3, -0.25) is 0 Å². The van der Waals surface area contributed by atoms with Crippen LogP contribution in [0.15, 0.2) is 28.1 Å². The number of oxazole rings is 1. The number of rotatable bonds is 3. The second-order valence-electron chi connectivity index (χ2n) is 3.13. The molecule has 0 spiro atoms. The topological polar surface area (TPSA) is 51.8 Å². The summed E-state index contributed by atoms with van der Waals surface area (Å²) in [5.41, 5.74) is 1.89. The summed E-state index contributed by atoms with van der Waals surface area (Å²) in [4.78, 5) is 12.6. The Balaban J connectivity index is 1.99. The monoisotopic (exact) mass is 221 g/mol. The van der Waals surface area contributed by atoms with Gasteiger partial charge in [-0.05, 0) is 13.0 Å². The number of thioether (sulfide) groups is 1. The predicted octanol–water partition coefficient (Wildman–Crippen LogP) is 2.37. The molecular formula is C10H11N3OS. The molecule has 2 aromatic heterocycles. The average Bonchev–Trinajstić information content (AvgIpc) is 2.62. The van der Waals surface area contributed by atoms with Gasteiger partial charge in [0, 0.05) is 24.6 Å². The first-order chi connectivity index (χ1) is 7.24. The number of aryl methyl sites for hydroxylation is 2. The number of hydrogen-bond acceptors (Lipinski definition) is 5. The zero-order valence-corrected chi connectivity index (χ0v) is 9.41. The van der Waals surface area contributed by atoms with Crippen LogP contribution in [0, 0.1) is 13.8 Å². The highest BCUT2D eigenvalue weighted by molar-refractivity contribution is 7.98. The summed E-state index contributed by atoms with van der Waals surface area (Å²) in [6.07, 6.45) is 3.43. The Kier molecular flexibility index (Phi) is 3.01. The van der Waals surface area contributed by atoms with Crippen molar-refractivity contribution in [2.45, 2.75) is 24.8 Å². The van der Waals surface area contributed by atoms with E-state index >= 15 is 0 Å². The highest BCUT2D eigenvalue weighted by atomic mass is 32.2. The zero-order valence-electron chi connectivity index (χ0n) is 8.60. The number of nitrogens with zero attached hydrogens (tertiary/aromatic N) is 3. The molecule has 4 nitrogen and oxygen atoms in total. The number of aromatic nitrogens is 3. The van der Waals surface area contributed by atoms with Crippen LogP contribution in [0.2, 0.25) is 0 Å². The summed E-state index contributed by atoms with van der Waals surface area (Å²) in [6.45, 7) is 3.78. The van der Waals surface area contributed by atoms with Gasteiger partial charge in [0.15, 0.2) is 11.0 Å². The van der Waals surface area contributed by atoms with E-state index in [1.165, 1.54) is 0 Å². The largest absolute Gasteiger partial charge is 0.449 e. The summed E-state index contributed by atoms with van der Waals surface area (Å²) < 4.78 is 5.11. The molecular weight excluding hydrogens is 210 g/mol. The average molecular weight is 221 g/mol. The maximum atomic E-state index is 5.11. The fourth-order valence-corrected chi connectivity index (χ4v) is 1.86. The lowest BCUT2D eigenvalue weighted by Crippen LogP contribution is -1.89. The molecule has 0 aliphatic heterocycles. The van der Waals surface area contributed by atoms with Crippen molar-refractivity contribution in [1.82, 2.24) is 15.0 Å². The lowest BCUT2D eigenvalue weighted by Gasteiger charge is -1.97. The van der Waals surface area contributed by atoms with E-state index in [2.05, 4.69) is 15.0 Å². The molecule has 0 N–H and O–H groups in total. The van der Waals surface area contributed by atoms with Crippen LogP contribution in [-0.4, -0.2) is 15.0 Å². The third kappa shape index (κ3) is 2.79. The summed E-state index contributed by atoms with van der Waals surface area (Å²) in [5.74, 6) is 1.43. The van der Waals surface area contributed by atoms with Crippen molar-refractivity contribution in [3.05, 3.63) is 35.8 Å². The minimum Gasteiger partial charge on any atom is -0.449 e. The summed E-state index contributed by atoms with van der Waals surface area (Å²) in [5, 5.41) is 0.774. The van der Waals surface area contributed by atoms with E-state index in [9.17, 15) is 0 Å². The Labute approximate surface area is 92.2 Å². The van der Waals surface area contributed by atoms with Gasteiger partial charge in [-0.15, -0.1) is 0 Å². The summed E-state index contributed by atoms with van der Waals surface area (Å²) in [6, 6.07) is 1.88. The zero-order chi connectivity index (χ0) is 10.7. The Morgan fingerprint density at radius 2 is 2.20 bits per heavy atom. The molecule has 0 amide bonds. The highest BCUT2D eigenvalue weighted by Crippen LogP contribution is 2.18. The third-order valence-corrected chi connectivity index (χ3v) is 2.68. The molecule has 0 unspecified atom stereocenters. The van der Waals surface area contributed by atoms with E-state index in [1.54, 1.807) is 24.2 Å². The second kappa shape index (κ2) is 4.44. The lowest BCUT2D eigenvalue weighted by molar-refractivity contribution is 0.521. The van der Waals surface area contributed by atoms with Crippen molar-refractivity contribution >= 4 is 11.8 Å². The van der Waals surface area contributed by atoms with Gasteiger partial charge in [0.1, 0.15) is 6.26 Å². The Bertz CT molecular complexity index is 455. The molecule has 5 heteroatoms. The van der Waals surface area contributed by atoms with Crippen LogP contribution >= 0.6 is 11.8 Å². The quantitative estimate of drug-likeness (QED) is 0.588. The van der Waals surface area contributed by atoms with Crippen molar-refractivity contribution in [1.29, 1.82) is 0 Å². The van der Waals surface area contributed by atoms with Gasteiger partial charge in [-0.2, -0.15) is 0 Å². The van der Waals surface area contributed by atoms with E-state index in [1.807, 2.05) is 19.9 Å². The molecule has 15 heavy (non-hydrogen) atoms. The van der Waals surface area contributed by atoms with Crippen LogP contribution in [0.25, 0.3) is 0 Å². The van der Waals surface area contributed by atoms with Crippen molar-refractivity contribution in [3.63, 3.8) is 0 Å². The molecule has 78 valence electrons. The number of hydrogen-bond donors (Lipinski definition) is 0. The van der Waals surface area contributed by atoms with Crippen LogP contribution in [0.5, 0.6) is 0 Å². The maximum absolute atomic E-state index is 5.11. The predicted molar refractivity (Wildman–Crippen MR) is 57.6 cm³/mol. The minimum absolute atomic E-state index is 0.691. The van der Waals surface area contributed by atoms with Crippen molar-refractivity contribution < 1.29 is 4.42 Å². The highest BCUT2D eigenvalue weighted by Gasteiger charge is 2.02. The first kappa shape index (κ1) is 10.2. The molecule has 2 rings (SSSR count). The van der Waals surface area contributed by atoms with Gasteiger partial charge >= 0.3 is 0 Å². The van der Waals surface area contributed by atoms with Crippen LogP contribution in [0.3, 0.4) is 0 Å². The molecule has 0 aliphatic rings. The molecule has 0 saturated carbocycles. The van der Waals surface area contributed by atoms with Gasteiger partial charge < -0.3 is 4.42 Å². The Morgan fingerprint density at radius 1 is 1.33 bits per heavy atom. The fraction of sp³-hybridized carbons (Fsp3) is 0.300. The molecule has 0 atom stereocenters. The van der Waals surface area contributed by atoms with Gasteiger partial charge in [-0.25, -0.2) is 15.0 Å². The minimum atomic E-state index is 0.691. The smallest absolute Gasteiger partial charge is 0.191 e. The van der Waals surface area contributed by atoms with E-state index in [0.29, 0.717) is 5.89 Å². The normalized spacial score (nSPS) is 10.5. The maximum Gasteiger partial charge on any atom is 0.191 e. The molecule has 0 fully saturated rings. The van der Waals surface area contributed by atoms with Gasteiger partial charge in [-0.1, -0.05) is 11.8 Å². The van der Waals surface area contributed by atoms with Crippen LogP contribution < -0.4 is 0 Å². The summed E-state index contributed by atoms with van der Waals surface area (Å²) in [7, 11) is 0. The van der Waals surface area contributed by atoms with E-state index in [4.69, 9.17) is 4.42 Å². The van der Waals surface area contributed by atoms with Crippen molar-refractivity contribution in [3.8, 4) is 0 Å². The van der Waals surface area contributed by atoms with Crippen LogP contribution in [0.4, 0.5) is 0 Å². The molecule has 0 radical (unpaired) electrons. The molecule has 0 aromatic carbocycles. The Morgan fingerprint density at radius 3 is 2.87 bits per heavy atom. The Hall–Kier alpha value is -1.36. The van der Waals surface area contributed by atoms with Crippen LogP contribution in [-0.2, 0) is 5.75 Å². The van der Waals surface area contributed by atoms with E-state index in [0.717, 1.165) is 22.3 Å². The first-order valence-electron chi connectivity index (χ1n) is 4.57.